The molecule has 0 aromatic carbocycles. The lowest BCUT2D eigenvalue weighted by Crippen LogP contribution is -2.22. The van der Waals surface area contributed by atoms with Gasteiger partial charge in [-0.3, -0.25) is 9.36 Å². The van der Waals surface area contributed by atoms with Crippen LogP contribution in [0, 0.1) is 0 Å². The second-order valence-corrected chi connectivity index (χ2v) is 9.14. The molecule has 0 saturated heterocycles. The lowest BCUT2D eigenvalue weighted by atomic mass is 10.2. The van der Waals surface area contributed by atoms with Crippen LogP contribution in [-0.4, -0.2) is 19.7 Å². The van der Waals surface area contributed by atoms with E-state index in [1.54, 1.807) is 22.0 Å². The van der Waals surface area contributed by atoms with Crippen LogP contribution in [0.3, 0.4) is 0 Å². The summed E-state index contributed by atoms with van der Waals surface area (Å²) >= 11 is 4.52. The van der Waals surface area contributed by atoms with Crippen LogP contribution in [0.1, 0.15) is 31.5 Å². The summed E-state index contributed by atoms with van der Waals surface area (Å²) in [5, 5.41) is 9.29. The maximum absolute atomic E-state index is 13.2. The summed E-state index contributed by atoms with van der Waals surface area (Å²) in [6, 6.07) is 4.01. The fourth-order valence-electron chi connectivity index (χ4n) is 2.71. The van der Waals surface area contributed by atoms with E-state index in [-0.39, 0.29) is 11.5 Å². The smallest absolute Gasteiger partial charge is 0.263 e. The maximum Gasteiger partial charge on any atom is 0.263 e. The summed E-state index contributed by atoms with van der Waals surface area (Å²) in [7, 11) is 0. The van der Waals surface area contributed by atoms with Crippen LogP contribution in [0.25, 0.3) is 20.7 Å². The van der Waals surface area contributed by atoms with Crippen LogP contribution in [0.5, 0.6) is 0 Å². The maximum atomic E-state index is 13.2. The Balaban J connectivity index is 1.72. The Morgan fingerprint density at radius 2 is 2.21 bits per heavy atom. The summed E-state index contributed by atoms with van der Waals surface area (Å²) in [4.78, 5) is 24.2. The molecule has 28 heavy (non-hydrogen) atoms. The Hall–Kier alpha value is -2.23. The highest BCUT2D eigenvalue weighted by Crippen LogP contribution is 2.34. The first kappa shape index (κ1) is 19.1. The van der Waals surface area contributed by atoms with Gasteiger partial charge < -0.3 is 4.52 Å². The van der Waals surface area contributed by atoms with Crippen LogP contribution in [0.2, 0.25) is 0 Å². The number of hydrogen-bond donors (Lipinski definition) is 0. The predicted molar refractivity (Wildman–Crippen MR) is 115 cm³/mol. The number of thioether (sulfide) groups is 1. The first-order valence-corrected chi connectivity index (χ1v) is 11.4. The second-order valence-electron chi connectivity index (χ2n) is 6.40. The molecule has 4 heterocycles. The van der Waals surface area contributed by atoms with Crippen molar-refractivity contribution in [3.63, 3.8) is 0 Å². The molecule has 0 saturated carbocycles. The third kappa shape index (κ3) is 3.57. The largest absolute Gasteiger partial charge is 0.338 e. The zero-order chi connectivity index (χ0) is 19.7. The fourth-order valence-corrected chi connectivity index (χ4v) is 5.36. The van der Waals surface area contributed by atoms with E-state index in [0.29, 0.717) is 34.6 Å². The lowest BCUT2D eigenvalue weighted by molar-refractivity contribution is 0.382. The third-order valence-electron chi connectivity index (χ3n) is 4.08. The van der Waals surface area contributed by atoms with E-state index < -0.39 is 0 Å². The molecule has 0 spiro atoms. The van der Waals surface area contributed by atoms with Crippen LogP contribution < -0.4 is 5.56 Å². The molecule has 4 rings (SSSR count). The third-order valence-corrected chi connectivity index (χ3v) is 6.82. The molecule has 4 aromatic rings. The van der Waals surface area contributed by atoms with Gasteiger partial charge in [0.15, 0.2) is 11.0 Å². The second kappa shape index (κ2) is 8.02. The van der Waals surface area contributed by atoms with Gasteiger partial charge in [0.2, 0.25) is 5.89 Å². The summed E-state index contributed by atoms with van der Waals surface area (Å²) in [6.45, 7) is 8.21. The molecule has 0 unspecified atom stereocenters. The number of nitrogens with zero attached hydrogens (tertiary/aromatic N) is 4. The van der Waals surface area contributed by atoms with Crippen molar-refractivity contribution in [1.82, 2.24) is 19.7 Å². The summed E-state index contributed by atoms with van der Waals surface area (Å²) in [5.41, 5.74) is 0.894. The van der Waals surface area contributed by atoms with Gasteiger partial charge in [-0.15, -0.1) is 29.3 Å². The van der Waals surface area contributed by atoms with Crippen molar-refractivity contribution >= 4 is 44.7 Å². The minimum absolute atomic E-state index is 0.0505. The van der Waals surface area contributed by atoms with Crippen molar-refractivity contribution in [3.8, 4) is 10.4 Å². The first-order valence-electron chi connectivity index (χ1n) is 8.70. The molecule has 0 radical (unpaired) electrons. The predicted octanol–water partition coefficient (Wildman–Crippen LogP) is 5.17. The molecule has 144 valence electrons. The molecule has 0 aliphatic heterocycles. The molecule has 0 aliphatic carbocycles. The van der Waals surface area contributed by atoms with Gasteiger partial charge in [0.25, 0.3) is 5.56 Å². The Labute approximate surface area is 173 Å². The highest BCUT2D eigenvalue weighted by Gasteiger charge is 2.18. The van der Waals surface area contributed by atoms with Gasteiger partial charge in [-0.2, -0.15) is 4.98 Å². The monoisotopic (exact) mass is 430 g/mol. The van der Waals surface area contributed by atoms with E-state index in [0.717, 1.165) is 15.3 Å². The van der Waals surface area contributed by atoms with E-state index in [2.05, 4.69) is 16.7 Å². The molecule has 9 heteroatoms. The van der Waals surface area contributed by atoms with Crippen molar-refractivity contribution in [3.05, 3.63) is 57.6 Å². The Kier molecular flexibility index (Phi) is 5.47. The molecule has 0 atom stereocenters. The van der Waals surface area contributed by atoms with Crippen LogP contribution in [0.15, 0.2) is 50.0 Å². The Bertz CT molecular complexity index is 1170. The minimum Gasteiger partial charge on any atom is -0.338 e. The number of fused-ring (bicyclic) bond motifs is 1. The van der Waals surface area contributed by atoms with E-state index in [1.807, 2.05) is 36.7 Å². The van der Waals surface area contributed by atoms with Crippen molar-refractivity contribution in [2.75, 3.05) is 0 Å². The van der Waals surface area contributed by atoms with E-state index >= 15 is 0 Å². The van der Waals surface area contributed by atoms with Crippen LogP contribution in [0.4, 0.5) is 0 Å². The summed E-state index contributed by atoms with van der Waals surface area (Å²) < 4.78 is 6.96. The van der Waals surface area contributed by atoms with E-state index in [4.69, 9.17) is 9.51 Å². The summed E-state index contributed by atoms with van der Waals surface area (Å²) in [5.74, 6) is 1.87. The Morgan fingerprint density at radius 1 is 1.36 bits per heavy atom. The van der Waals surface area contributed by atoms with Crippen molar-refractivity contribution in [2.45, 2.75) is 37.2 Å². The Morgan fingerprint density at radius 3 is 2.89 bits per heavy atom. The average Bonchev–Trinajstić information content (AvgIpc) is 3.42. The highest BCUT2D eigenvalue weighted by atomic mass is 32.2. The van der Waals surface area contributed by atoms with Gasteiger partial charge in [-0.05, 0) is 11.4 Å². The normalized spacial score (nSPS) is 11.5. The number of thiophene rings is 2. The number of aromatic nitrogens is 4. The van der Waals surface area contributed by atoms with Gasteiger partial charge >= 0.3 is 0 Å². The molecule has 6 nitrogen and oxygen atoms in total. The molecule has 0 fully saturated rings. The fraction of sp³-hybridized carbons (Fsp3) is 0.263. The highest BCUT2D eigenvalue weighted by molar-refractivity contribution is 7.98. The van der Waals surface area contributed by atoms with Gasteiger partial charge in [0, 0.05) is 28.3 Å². The van der Waals surface area contributed by atoms with Gasteiger partial charge in [0.05, 0.1) is 11.1 Å². The quantitative estimate of drug-likeness (QED) is 0.229. The van der Waals surface area contributed by atoms with Gasteiger partial charge in [-0.25, -0.2) is 4.98 Å². The summed E-state index contributed by atoms with van der Waals surface area (Å²) in [6.07, 6.45) is 1.71. The van der Waals surface area contributed by atoms with Crippen LogP contribution >= 0.6 is 34.4 Å². The average molecular weight is 431 g/mol. The SMILES string of the molecule is C=CCn1c(SCc2nc(C(C)C)no2)nc2scc(-c3cccs3)c2c1=O. The standard InChI is InChI=1S/C19H18N4O2S3/c1-4-7-23-18(24)15-12(13-6-5-8-26-13)9-27-17(15)21-19(23)28-10-14-20-16(11(2)3)22-25-14/h4-6,8-9,11H,1,7,10H2,2-3H3. The number of hydrogen-bond acceptors (Lipinski definition) is 8. The van der Waals surface area contributed by atoms with Gasteiger partial charge in [0.1, 0.15) is 4.83 Å². The molecular weight excluding hydrogens is 412 g/mol. The van der Waals surface area contributed by atoms with Crippen molar-refractivity contribution in [1.29, 1.82) is 0 Å². The van der Waals surface area contributed by atoms with E-state index in [9.17, 15) is 4.79 Å². The molecule has 0 aliphatic rings. The molecule has 0 N–H and O–H groups in total. The zero-order valence-electron chi connectivity index (χ0n) is 15.4. The topological polar surface area (TPSA) is 73.8 Å². The lowest BCUT2D eigenvalue weighted by Gasteiger charge is -2.09. The molecular formula is C19H18N4O2S3. The van der Waals surface area contributed by atoms with Gasteiger partial charge in [-0.1, -0.05) is 42.9 Å². The molecule has 0 amide bonds. The number of rotatable bonds is 7. The number of allylic oxidation sites excluding steroid dienone is 1. The first-order chi connectivity index (χ1) is 13.6. The molecule has 4 aromatic heterocycles. The van der Waals surface area contributed by atoms with Crippen molar-refractivity contribution < 1.29 is 4.52 Å². The molecule has 0 bridgehead atoms. The van der Waals surface area contributed by atoms with Crippen molar-refractivity contribution in [2.24, 2.45) is 0 Å². The van der Waals surface area contributed by atoms with E-state index in [1.165, 1.54) is 23.1 Å². The zero-order valence-corrected chi connectivity index (χ0v) is 17.9. The van der Waals surface area contributed by atoms with Crippen LogP contribution in [-0.2, 0) is 12.3 Å². The minimum atomic E-state index is -0.0505.